The lowest BCUT2D eigenvalue weighted by Gasteiger charge is -2.16. The second-order valence-corrected chi connectivity index (χ2v) is 12.5. The molecule has 0 spiro atoms. The largest absolute Gasteiger partial charge is 0.492 e. The molecule has 4 aromatic carbocycles. The zero-order chi connectivity index (χ0) is 44.3. The summed E-state index contributed by atoms with van der Waals surface area (Å²) in [6.45, 7) is 17.0. The Morgan fingerprint density at radius 2 is 1.02 bits per heavy atom. The minimum atomic E-state index is -0.910. The Balaban J connectivity index is 1.69. The number of ether oxygens (including phenoxy) is 5. The number of rotatable bonds is 12. The van der Waals surface area contributed by atoms with Gasteiger partial charge in [0.1, 0.15) is 11.7 Å². The first-order valence-electron chi connectivity index (χ1n) is 18.0. The number of hydrogen-bond donors (Lipinski definition) is 0. The lowest BCUT2D eigenvalue weighted by molar-refractivity contribution is -0.134. The average Bonchev–Trinajstić information content (AvgIpc) is 3.26. The van der Waals surface area contributed by atoms with Crippen LogP contribution in [0.15, 0.2) is 135 Å². The van der Waals surface area contributed by atoms with Crippen LogP contribution in [0.3, 0.4) is 0 Å². The predicted octanol–water partition coefficient (Wildman–Crippen LogP) is 9.11. The van der Waals surface area contributed by atoms with Crippen molar-refractivity contribution in [2.75, 3.05) is 7.11 Å². The van der Waals surface area contributed by atoms with Crippen LogP contribution in [0, 0.1) is 41.5 Å². The van der Waals surface area contributed by atoms with Crippen LogP contribution in [0.25, 0.3) is 24.3 Å². The first-order valence-corrected chi connectivity index (χ1v) is 18.0. The van der Waals surface area contributed by atoms with Gasteiger partial charge in [0.2, 0.25) is 0 Å². The zero-order valence-corrected chi connectivity index (χ0v) is 33.4. The molecule has 0 amide bonds. The van der Waals surface area contributed by atoms with Gasteiger partial charge in [-0.05, 0) is 91.1 Å². The normalized spacial score (nSPS) is 10.2. The lowest BCUT2D eigenvalue weighted by atomic mass is 9.98. The molecule has 0 aliphatic heterocycles. The highest BCUT2D eigenvalue weighted by Gasteiger charge is 2.25. The van der Waals surface area contributed by atoms with Crippen LogP contribution in [-0.2, 0) is 33.4 Å². The van der Waals surface area contributed by atoms with Crippen LogP contribution in [0.5, 0.6) is 11.5 Å². The van der Waals surface area contributed by atoms with Gasteiger partial charge < -0.3 is 23.7 Å². The fourth-order valence-corrected chi connectivity index (χ4v) is 4.73. The summed E-state index contributed by atoms with van der Waals surface area (Å²) >= 11 is 0. The molecule has 61 heavy (non-hydrogen) atoms. The molecule has 0 atom stereocenters. The van der Waals surface area contributed by atoms with Crippen molar-refractivity contribution in [3.05, 3.63) is 191 Å². The van der Waals surface area contributed by atoms with E-state index in [1.165, 1.54) is 32.6 Å². The molecule has 0 bridgehead atoms. The van der Waals surface area contributed by atoms with Gasteiger partial charge in [-0.3, -0.25) is 0 Å². The van der Waals surface area contributed by atoms with Crippen LogP contribution >= 0.6 is 0 Å². The summed E-state index contributed by atoms with van der Waals surface area (Å²) in [6, 6.07) is 21.2. The molecule has 0 N–H and O–H groups in total. The quantitative estimate of drug-likeness (QED) is 0.0263. The van der Waals surface area contributed by atoms with E-state index in [0.717, 1.165) is 23.3 Å². The molecule has 0 heterocycles. The maximum absolute atomic E-state index is 16.5. The second-order valence-electron chi connectivity index (χ2n) is 12.5. The first-order chi connectivity index (χ1) is 29.3. The van der Waals surface area contributed by atoms with Gasteiger partial charge in [-0.1, -0.05) is 92.5 Å². The number of halogens is 1. The van der Waals surface area contributed by atoms with Gasteiger partial charge in [0.25, 0.3) is 0 Å². The van der Waals surface area contributed by atoms with Crippen molar-refractivity contribution in [2.24, 2.45) is 0 Å². The lowest BCUT2D eigenvalue weighted by Crippen LogP contribution is -2.10. The van der Waals surface area contributed by atoms with Crippen molar-refractivity contribution in [2.45, 2.75) is 13.8 Å². The summed E-state index contributed by atoms with van der Waals surface area (Å²) < 4.78 is 42.4. The van der Waals surface area contributed by atoms with E-state index < -0.39 is 29.7 Å². The fraction of sp³-hybridized carbons (Fsp3) is 0.0588. The average molecular weight is 813 g/mol. The maximum atomic E-state index is 16.5. The first kappa shape index (κ1) is 45.1. The number of hydrogen-bond acceptors (Lipinski definition) is 9. The Bertz CT molecular complexity index is 2680. The van der Waals surface area contributed by atoms with E-state index in [4.69, 9.17) is 23.7 Å². The molecular weight excluding hydrogens is 776 g/mol. The van der Waals surface area contributed by atoms with Gasteiger partial charge in [0.05, 0.1) is 25.2 Å². The topological polar surface area (TPSA) is 114 Å². The summed E-state index contributed by atoms with van der Waals surface area (Å²) in [5.74, 6) is 10.1. The van der Waals surface area contributed by atoms with Crippen LogP contribution in [0.2, 0.25) is 0 Å². The summed E-state index contributed by atoms with van der Waals surface area (Å²) in [5, 5.41) is 0. The summed E-state index contributed by atoms with van der Waals surface area (Å²) in [4.78, 5) is 47.7. The molecule has 4 rings (SSSR count). The molecule has 0 radical (unpaired) electrons. The van der Waals surface area contributed by atoms with Gasteiger partial charge in [-0.2, -0.15) is 0 Å². The minimum Gasteiger partial charge on any atom is -0.492 e. The highest BCUT2D eigenvalue weighted by molar-refractivity contribution is 5.89. The Morgan fingerprint density at radius 3 is 1.44 bits per heavy atom. The number of carbonyl (C=O) groups is 4. The Morgan fingerprint density at radius 1 is 0.574 bits per heavy atom. The summed E-state index contributed by atoms with van der Waals surface area (Å²) in [6.07, 6.45) is 12.8. The van der Waals surface area contributed by atoms with Gasteiger partial charge >= 0.3 is 23.9 Å². The maximum Gasteiger partial charge on any atom is 0.344 e. The van der Waals surface area contributed by atoms with Crippen molar-refractivity contribution in [3.63, 3.8) is 0 Å². The fourth-order valence-electron chi connectivity index (χ4n) is 4.73. The van der Waals surface area contributed by atoms with Crippen LogP contribution in [0.4, 0.5) is 4.39 Å². The molecule has 0 unspecified atom stereocenters. The highest BCUT2D eigenvalue weighted by Crippen LogP contribution is 2.39. The van der Waals surface area contributed by atoms with E-state index in [9.17, 15) is 19.2 Å². The molecule has 0 fully saturated rings. The van der Waals surface area contributed by atoms with Gasteiger partial charge in [-0.15, -0.1) is 0 Å². The number of carbonyl (C=O) groups excluding carboxylic acids is 4. The number of esters is 4. The SMILES string of the molecule is C=CC(=O)OC#Cc1c(C=Cc2ccc(C#Cc3ccc(C=COC(=O)C(=C)C)cc3)cc2)c(F)c(OC)c(C#Cc2ccc(C=COC(=O)C(=C)C)cc2)c1OC(=O)C=C. The Kier molecular flexibility index (Phi) is 16.5. The van der Waals surface area contributed by atoms with E-state index in [0.29, 0.717) is 27.8 Å². The van der Waals surface area contributed by atoms with Crippen molar-refractivity contribution in [1.82, 2.24) is 0 Å². The number of methoxy groups -OCH3 is 1. The van der Waals surface area contributed by atoms with Gasteiger partial charge in [0, 0.05) is 45.6 Å². The van der Waals surface area contributed by atoms with Crippen molar-refractivity contribution < 1.29 is 47.3 Å². The number of benzene rings is 4. The molecule has 0 aliphatic carbocycles. The molecule has 0 aromatic heterocycles. The smallest absolute Gasteiger partial charge is 0.344 e. The van der Waals surface area contributed by atoms with Crippen LogP contribution in [0.1, 0.15) is 63.9 Å². The zero-order valence-electron chi connectivity index (χ0n) is 33.4. The van der Waals surface area contributed by atoms with Crippen LogP contribution < -0.4 is 9.47 Å². The minimum absolute atomic E-state index is 0.166. The van der Waals surface area contributed by atoms with E-state index in [1.807, 2.05) is 24.3 Å². The van der Waals surface area contributed by atoms with Crippen molar-refractivity contribution >= 4 is 48.2 Å². The van der Waals surface area contributed by atoms with Gasteiger partial charge in [-0.25, -0.2) is 23.6 Å². The second kappa shape index (κ2) is 22.3. The third kappa shape index (κ3) is 13.5. The predicted molar refractivity (Wildman–Crippen MR) is 232 cm³/mol. The molecule has 0 aliphatic rings. The van der Waals surface area contributed by atoms with E-state index in [1.54, 1.807) is 73.7 Å². The third-order valence-corrected chi connectivity index (χ3v) is 7.88. The monoisotopic (exact) mass is 812 g/mol. The van der Waals surface area contributed by atoms with Crippen molar-refractivity contribution in [3.8, 4) is 47.2 Å². The highest BCUT2D eigenvalue weighted by atomic mass is 19.1. The summed E-state index contributed by atoms with van der Waals surface area (Å²) in [7, 11) is 1.23. The third-order valence-electron chi connectivity index (χ3n) is 7.88. The standard InChI is InChI=1S/C51H37FO9/c1-8-45(53)58-33-30-43-42(26-24-38-14-12-36(13-15-38)10-11-37-16-20-40(21-17-37)28-31-59-50(55)34(3)4)47(52)49(57-7)44(48(43)61-46(54)9-2)27-25-39-18-22-41(23-19-39)29-32-60-51(56)35(5)6/h8-9,12-24,26,28-29,31-32H,1-3,5H2,4,6-7H3. The van der Waals surface area contributed by atoms with E-state index in [-0.39, 0.29) is 33.8 Å². The molecule has 0 saturated heterocycles. The molecule has 302 valence electrons. The molecule has 4 aromatic rings. The van der Waals surface area contributed by atoms with Gasteiger partial charge in [0.15, 0.2) is 17.3 Å². The molecule has 9 nitrogen and oxygen atoms in total. The summed E-state index contributed by atoms with van der Waals surface area (Å²) in [5.41, 5.74) is 4.10. The molecule has 0 saturated carbocycles. The Hall–Kier alpha value is -8.65. The van der Waals surface area contributed by atoms with Crippen molar-refractivity contribution in [1.29, 1.82) is 0 Å². The molecule has 10 heteroatoms. The van der Waals surface area contributed by atoms with Crippen LogP contribution in [-0.4, -0.2) is 31.0 Å². The molecular formula is C51H37FO9. The Labute approximate surface area is 353 Å². The van der Waals surface area contributed by atoms with E-state index >= 15 is 4.39 Å². The van der Waals surface area contributed by atoms with E-state index in [2.05, 4.69) is 62.0 Å².